The summed E-state index contributed by atoms with van der Waals surface area (Å²) in [4.78, 5) is 24.3. The smallest absolute Gasteiger partial charge is 0.342 e. The lowest BCUT2D eigenvalue weighted by Gasteiger charge is -2.16. The van der Waals surface area contributed by atoms with Gasteiger partial charge in [-0.2, -0.15) is 0 Å². The predicted molar refractivity (Wildman–Crippen MR) is 98.7 cm³/mol. The van der Waals surface area contributed by atoms with Crippen LogP contribution in [0.1, 0.15) is 34.5 Å². The molecule has 2 rings (SSSR count). The number of carbonyl (C=O) groups excluding carboxylic acids is 2. The minimum Gasteiger partial charge on any atom is -0.496 e. The van der Waals surface area contributed by atoms with Crippen molar-refractivity contribution in [2.75, 3.05) is 13.7 Å². The van der Waals surface area contributed by atoms with Crippen molar-refractivity contribution in [1.82, 2.24) is 5.32 Å². The number of hydrogen-bond acceptors (Lipinski definition) is 4. The molecule has 0 aliphatic heterocycles. The topological polar surface area (TPSA) is 64.6 Å². The number of halogens is 1. The molecule has 25 heavy (non-hydrogen) atoms. The normalized spacial score (nSPS) is 11.5. The number of esters is 1. The highest BCUT2D eigenvalue weighted by Gasteiger charge is 2.17. The lowest BCUT2D eigenvalue weighted by molar-refractivity contribution is -0.124. The van der Waals surface area contributed by atoms with Gasteiger partial charge in [-0.05, 0) is 37.6 Å². The lowest BCUT2D eigenvalue weighted by atomic mass is 10.1. The van der Waals surface area contributed by atoms with Gasteiger partial charge in [0.1, 0.15) is 11.3 Å². The highest BCUT2D eigenvalue weighted by atomic mass is 79.9. The van der Waals surface area contributed by atoms with Gasteiger partial charge in [-0.15, -0.1) is 0 Å². The van der Waals surface area contributed by atoms with Gasteiger partial charge in [0.05, 0.1) is 13.2 Å². The Bertz CT molecular complexity index is 776. The van der Waals surface area contributed by atoms with Gasteiger partial charge in [-0.1, -0.05) is 45.8 Å². The summed E-state index contributed by atoms with van der Waals surface area (Å²) in [7, 11) is 1.48. The molecule has 0 unspecified atom stereocenters. The largest absolute Gasteiger partial charge is 0.496 e. The molecule has 2 aromatic carbocycles. The molecule has 132 valence electrons. The summed E-state index contributed by atoms with van der Waals surface area (Å²) in [6.07, 6.45) is 0. The molecule has 1 amide bonds. The molecule has 0 fully saturated rings. The minimum atomic E-state index is -0.593. The van der Waals surface area contributed by atoms with E-state index >= 15 is 0 Å². The first-order valence-corrected chi connectivity index (χ1v) is 8.57. The predicted octanol–water partition coefficient (Wildman–Crippen LogP) is 3.80. The van der Waals surface area contributed by atoms with Crippen molar-refractivity contribution in [3.8, 4) is 5.75 Å². The van der Waals surface area contributed by atoms with Gasteiger partial charge in [-0.3, -0.25) is 4.79 Å². The SMILES string of the molecule is COc1ccc(C)cc1C(=O)OCC(=O)N[C@@H](C)c1ccccc1Br. The summed E-state index contributed by atoms with van der Waals surface area (Å²) in [6, 6.07) is 12.6. The van der Waals surface area contributed by atoms with Crippen LogP contribution in [-0.4, -0.2) is 25.6 Å². The van der Waals surface area contributed by atoms with E-state index in [2.05, 4.69) is 21.2 Å². The maximum Gasteiger partial charge on any atom is 0.342 e. The van der Waals surface area contributed by atoms with E-state index in [1.165, 1.54) is 7.11 Å². The molecule has 0 aliphatic carbocycles. The summed E-state index contributed by atoms with van der Waals surface area (Å²) in [5, 5.41) is 2.81. The van der Waals surface area contributed by atoms with Gasteiger partial charge in [-0.25, -0.2) is 4.79 Å². The second-order valence-electron chi connectivity index (χ2n) is 5.59. The maximum absolute atomic E-state index is 12.2. The maximum atomic E-state index is 12.2. The first kappa shape index (κ1) is 19.0. The Hall–Kier alpha value is -2.34. The summed E-state index contributed by atoms with van der Waals surface area (Å²) in [5.74, 6) is -0.551. The van der Waals surface area contributed by atoms with E-state index in [-0.39, 0.29) is 18.6 Å². The van der Waals surface area contributed by atoms with Crippen LogP contribution in [0.25, 0.3) is 0 Å². The highest BCUT2D eigenvalue weighted by Crippen LogP contribution is 2.23. The van der Waals surface area contributed by atoms with Crippen molar-refractivity contribution < 1.29 is 19.1 Å². The number of amides is 1. The molecule has 0 saturated heterocycles. The van der Waals surface area contributed by atoms with Gasteiger partial charge in [0.15, 0.2) is 6.61 Å². The second-order valence-corrected chi connectivity index (χ2v) is 6.44. The van der Waals surface area contributed by atoms with Crippen LogP contribution in [-0.2, 0) is 9.53 Å². The average molecular weight is 406 g/mol. The number of carbonyl (C=O) groups is 2. The van der Waals surface area contributed by atoms with E-state index in [0.29, 0.717) is 11.3 Å². The monoisotopic (exact) mass is 405 g/mol. The Kier molecular flexibility index (Phi) is 6.58. The Morgan fingerprint density at radius 3 is 2.60 bits per heavy atom. The zero-order valence-electron chi connectivity index (χ0n) is 14.3. The van der Waals surface area contributed by atoms with Crippen molar-refractivity contribution in [2.24, 2.45) is 0 Å². The van der Waals surface area contributed by atoms with Crippen LogP contribution in [0.5, 0.6) is 5.75 Å². The molecule has 0 aromatic heterocycles. The first-order valence-electron chi connectivity index (χ1n) is 7.78. The van der Waals surface area contributed by atoms with Crippen LogP contribution in [0.4, 0.5) is 0 Å². The lowest BCUT2D eigenvalue weighted by Crippen LogP contribution is -2.31. The molecule has 0 bridgehead atoms. The molecule has 0 spiro atoms. The zero-order chi connectivity index (χ0) is 18.4. The quantitative estimate of drug-likeness (QED) is 0.742. The molecule has 0 aliphatic rings. The van der Waals surface area contributed by atoms with Crippen molar-refractivity contribution in [2.45, 2.75) is 19.9 Å². The van der Waals surface area contributed by atoms with E-state index in [1.54, 1.807) is 12.1 Å². The Labute approximate surface area is 155 Å². The van der Waals surface area contributed by atoms with Crippen LogP contribution in [0, 0.1) is 6.92 Å². The molecule has 0 radical (unpaired) electrons. The minimum absolute atomic E-state index is 0.213. The molecular weight excluding hydrogens is 386 g/mol. The van der Waals surface area contributed by atoms with Gasteiger partial charge < -0.3 is 14.8 Å². The summed E-state index contributed by atoms with van der Waals surface area (Å²) in [6.45, 7) is 3.37. The summed E-state index contributed by atoms with van der Waals surface area (Å²) >= 11 is 3.45. The van der Waals surface area contributed by atoms with Crippen molar-refractivity contribution >= 4 is 27.8 Å². The molecule has 5 nitrogen and oxygen atoms in total. The van der Waals surface area contributed by atoms with Gasteiger partial charge >= 0.3 is 5.97 Å². The fourth-order valence-electron chi connectivity index (χ4n) is 2.38. The summed E-state index contributed by atoms with van der Waals surface area (Å²) in [5.41, 5.74) is 2.15. The third kappa shape index (κ3) is 5.06. The second kappa shape index (κ2) is 8.67. The van der Waals surface area contributed by atoms with Gasteiger partial charge in [0.25, 0.3) is 5.91 Å². The van der Waals surface area contributed by atoms with Crippen LogP contribution in [0.15, 0.2) is 46.9 Å². The average Bonchev–Trinajstić information content (AvgIpc) is 2.59. The fourth-order valence-corrected chi connectivity index (χ4v) is 3.01. The van der Waals surface area contributed by atoms with Crippen molar-refractivity contribution in [3.63, 3.8) is 0 Å². The number of ether oxygens (including phenoxy) is 2. The number of methoxy groups -OCH3 is 1. The Balaban J connectivity index is 1.95. The van der Waals surface area contributed by atoms with E-state index in [1.807, 2.05) is 44.2 Å². The van der Waals surface area contributed by atoms with E-state index in [9.17, 15) is 9.59 Å². The molecule has 0 saturated carbocycles. The van der Waals surface area contributed by atoms with Gasteiger partial charge in [0.2, 0.25) is 0 Å². The number of hydrogen-bond donors (Lipinski definition) is 1. The van der Waals surface area contributed by atoms with E-state index < -0.39 is 5.97 Å². The molecule has 0 heterocycles. The van der Waals surface area contributed by atoms with Gasteiger partial charge in [0, 0.05) is 4.47 Å². The van der Waals surface area contributed by atoms with Crippen LogP contribution < -0.4 is 10.1 Å². The Morgan fingerprint density at radius 1 is 1.20 bits per heavy atom. The van der Waals surface area contributed by atoms with Crippen LogP contribution in [0.3, 0.4) is 0 Å². The molecule has 1 N–H and O–H groups in total. The number of nitrogens with one attached hydrogen (secondary N) is 1. The molecule has 1 atom stereocenters. The molecule has 6 heteroatoms. The number of aryl methyl sites for hydroxylation is 1. The van der Waals surface area contributed by atoms with E-state index in [4.69, 9.17) is 9.47 Å². The van der Waals surface area contributed by atoms with Crippen molar-refractivity contribution in [3.05, 3.63) is 63.6 Å². The van der Waals surface area contributed by atoms with Crippen molar-refractivity contribution in [1.29, 1.82) is 0 Å². The highest BCUT2D eigenvalue weighted by molar-refractivity contribution is 9.10. The Morgan fingerprint density at radius 2 is 1.92 bits per heavy atom. The first-order chi connectivity index (χ1) is 11.9. The third-order valence-corrected chi connectivity index (χ3v) is 4.38. The third-order valence-electron chi connectivity index (χ3n) is 3.66. The number of benzene rings is 2. The zero-order valence-corrected chi connectivity index (χ0v) is 15.9. The summed E-state index contributed by atoms with van der Waals surface area (Å²) < 4.78 is 11.2. The molecular formula is C19H20BrNO4. The van der Waals surface area contributed by atoms with Crippen LogP contribution in [0.2, 0.25) is 0 Å². The van der Waals surface area contributed by atoms with Crippen LogP contribution >= 0.6 is 15.9 Å². The fraction of sp³-hybridized carbons (Fsp3) is 0.263. The van der Waals surface area contributed by atoms with E-state index in [0.717, 1.165) is 15.6 Å². The number of rotatable bonds is 6. The standard InChI is InChI=1S/C19H20BrNO4/c1-12-8-9-17(24-3)15(10-12)19(23)25-11-18(22)21-13(2)14-6-4-5-7-16(14)20/h4-10,13H,11H2,1-3H3,(H,21,22)/t13-/m0/s1. The molecule has 2 aromatic rings.